The van der Waals surface area contributed by atoms with E-state index in [-0.39, 0.29) is 17.8 Å². The van der Waals surface area contributed by atoms with E-state index >= 15 is 0 Å². The summed E-state index contributed by atoms with van der Waals surface area (Å²) in [6.07, 6.45) is 1.03. The van der Waals surface area contributed by atoms with Crippen molar-refractivity contribution >= 4 is 33.2 Å². The van der Waals surface area contributed by atoms with Crippen molar-refractivity contribution in [3.63, 3.8) is 0 Å². The molecular weight excluding hydrogens is 395 g/mol. The molecule has 0 spiro atoms. The molecule has 4 aromatic rings. The average Bonchev–Trinajstić information content (AvgIpc) is 3.05. The third-order valence-electron chi connectivity index (χ3n) is 4.77. The number of nitrogens with one attached hydrogen (secondary N) is 1. The lowest BCUT2D eigenvalue weighted by molar-refractivity contribution is 0.612. The van der Waals surface area contributed by atoms with Crippen molar-refractivity contribution in [3.8, 4) is 11.1 Å². The van der Waals surface area contributed by atoms with Crippen LogP contribution in [0.25, 0.3) is 21.3 Å². The summed E-state index contributed by atoms with van der Waals surface area (Å²) in [6, 6.07) is 12.3. The Morgan fingerprint density at radius 2 is 2.00 bits per heavy atom. The number of halogens is 2. The van der Waals surface area contributed by atoms with Crippen molar-refractivity contribution < 1.29 is 4.39 Å². The van der Waals surface area contributed by atoms with Crippen molar-refractivity contribution in [2.24, 2.45) is 0 Å². The maximum atomic E-state index is 14.0. The smallest absolute Gasteiger partial charge is 0.260 e. The second-order valence-electron chi connectivity index (χ2n) is 6.68. The van der Waals surface area contributed by atoms with Crippen molar-refractivity contribution in [1.82, 2.24) is 9.97 Å². The minimum Gasteiger partial charge on any atom is -0.310 e. The highest BCUT2D eigenvalue weighted by atomic mass is 35.5. The highest BCUT2D eigenvalue weighted by Gasteiger charge is 2.19. The fourth-order valence-electron chi connectivity index (χ4n) is 3.36. The summed E-state index contributed by atoms with van der Waals surface area (Å²) < 4.78 is 14.0. The lowest BCUT2D eigenvalue weighted by Gasteiger charge is -2.06. The molecule has 0 bridgehead atoms. The number of hydrogen-bond donors (Lipinski definition) is 1. The van der Waals surface area contributed by atoms with E-state index in [9.17, 15) is 9.18 Å². The molecule has 0 aliphatic heterocycles. The van der Waals surface area contributed by atoms with Gasteiger partial charge in [-0.15, -0.1) is 11.3 Å². The van der Waals surface area contributed by atoms with Crippen molar-refractivity contribution in [2.75, 3.05) is 0 Å². The van der Waals surface area contributed by atoms with Crippen LogP contribution >= 0.6 is 22.9 Å². The Labute approximate surface area is 170 Å². The summed E-state index contributed by atoms with van der Waals surface area (Å²) in [5.74, 6) is 0.161. The number of aryl methyl sites for hydroxylation is 2. The molecule has 0 atom stereocenters. The summed E-state index contributed by atoms with van der Waals surface area (Å²) in [4.78, 5) is 22.2. The molecule has 2 aromatic carbocycles. The molecule has 6 heteroatoms. The number of nitrogens with zero attached hydrogens (tertiary/aromatic N) is 1. The molecule has 142 valence electrons. The first-order chi connectivity index (χ1) is 13.5. The van der Waals surface area contributed by atoms with Crippen LogP contribution in [0.15, 0.2) is 47.3 Å². The predicted octanol–water partition coefficient (Wildman–Crippen LogP) is 5.91. The van der Waals surface area contributed by atoms with Gasteiger partial charge in [0.2, 0.25) is 0 Å². The van der Waals surface area contributed by atoms with Crippen molar-refractivity contribution in [3.05, 3.63) is 85.5 Å². The molecule has 1 N–H and O–H groups in total. The Bertz CT molecular complexity index is 1250. The van der Waals surface area contributed by atoms with Crippen molar-refractivity contribution in [2.45, 2.75) is 26.7 Å². The van der Waals surface area contributed by atoms with Gasteiger partial charge < -0.3 is 4.98 Å². The van der Waals surface area contributed by atoms with Crippen LogP contribution in [0.1, 0.15) is 28.8 Å². The molecule has 0 unspecified atom stereocenters. The fourth-order valence-corrected chi connectivity index (χ4v) is 4.63. The first-order valence-corrected chi connectivity index (χ1v) is 10.2. The number of rotatable bonds is 4. The second kappa shape index (κ2) is 7.49. The molecule has 3 nitrogen and oxygen atoms in total. The molecule has 28 heavy (non-hydrogen) atoms. The monoisotopic (exact) mass is 412 g/mol. The highest BCUT2D eigenvalue weighted by molar-refractivity contribution is 7.19. The molecule has 0 saturated heterocycles. The summed E-state index contributed by atoms with van der Waals surface area (Å²) in [6.45, 7) is 4.01. The van der Waals surface area contributed by atoms with Gasteiger partial charge in [0.05, 0.1) is 5.39 Å². The number of benzene rings is 2. The molecule has 4 rings (SSSR count). The third-order valence-corrected chi connectivity index (χ3v) is 6.42. The molecule has 0 aliphatic rings. The zero-order chi connectivity index (χ0) is 19.8. The van der Waals surface area contributed by atoms with Crippen LogP contribution in [0.2, 0.25) is 5.02 Å². The van der Waals surface area contributed by atoms with Gasteiger partial charge in [0.15, 0.2) is 0 Å². The van der Waals surface area contributed by atoms with Gasteiger partial charge in [-0.3, -0.25) is 4.79 Å². The average molecular weight is 413 g/mol. The van der Waals surface area contributed by atoms with Crippen LogP contribution in [0.4, 0.5) is 4.39 Å². The van der Waals surface area contributed by atoms with E-state index in [0.29, 0.717) is 26.6 Å². The highest BCUT2D eigenvalue weighted by Crippen LogP contribution is 2.37. The molecule has 0 aliphatic carbocycles. The van der Waals surface area contributed by atoms with Gasteiger partial charge in [0.25, 0.3) is 5.56 Å². The number of aromatic amines is 1. The normalized spacial score (nSPS) is 11.3. The predicted molar refractivity (Wildman–Crippen MR) is 114 cm³/mol. The molecule has 2 heterocycles. The van der Waals surface area contributed by atoms with Gasteiger partial charge in [-0.2, -0.15) is 0 Å². The van der Waals surface area contributed by atoms with Gasteiger partial charge in [-0.05, 0) is 48.2 Å². The minimum absolute atomic E-state index is 0.199. The van der Waals surface area contributed by atoms with Crippen LogP contribution in [-0.2, 0) is 12.8 Å². The molecule has 0 fully saturated rings. The number of hydrogen-bond acceptors (Lipinski definition) is 3. The first-order valence-electron chi connectivity index (χ1n) is 9.02. The van der Waals surface area contributed by atoms with Gasteiger partial charge in [0, 0.05) is 21.9 Å². The number of thiophene rings is 1. The summed E-state index contributed by atoms with van der Waals surface area (Å²) in [5.41, 5.74) is 3.13. The van der Waals surface area contributed by atoms with Gasteiger partial charge in [-0.25, -0.2) is 9.37 Å². The number of H-pyrrole nitrogens is 1. The Hall–Kier alpha value is -2.50. The molecule has 0 radical (unpaired) electrons. The van der Waals surface area contributed by atoms with Crippen LogP contribution < -0.4 is 5.56 Å². The molecule has 0 saturated carbocycles. The van der Waals surface area contributed by atoms with E-state index in [2.05, 4.69) is 16.9 Å². The molecule has 2 aromatic heterocycles. The summed E-state index contributed by atoms with van der Waals surface area (Å²) >= 11 is 7.68. The minimum atomic E-state index is -0.303. The van der Waals surface area contributed by atoms with Gasteiger partial charge in [-0.1, -0.05) is 42.8 Å². The van der Waals surface area contributed by atoms with Gasteiger partial charge >= 0.3 is 0 Å². The quantitative estimate of drug-likeness (QED) is 0.453. The SMILES string of the molecule is CCc1sc2nc(Cc3ccccc3F)[nH]c(=O)c2c1-c1ccc(Cl)c(C)c1. The lowest BCUT2D eigenvalue weighted by Crippen LogP contribution is -2.12. The number of aromatic nitrogens is 2. The van der Waals surface area contributed by atoms with Crippen LogP contribution in [0.3, 0.4) is 0 Å². The Kier molecular flexibility index (Phi) is 5.04. The topological polar surface area (TPSA) is 45.8 Å². The third kappa shape index (κ3) is 3.36. The molecule has 0 amide bonds. The first kappa shape index (κ1) is 18.8. The van der Waals surface area contributed by atoms with Crippen LogP contribution in [-0.4, -0.2) is 9.97 Å². The fraction of sp³-hybridized carbons (Fsp3) is 0.182. The largest absolute Gasteiger partial charge is 0.310 e. The maximum absolute atomic E-state index is 14.0. The van der Waals surface area contributed by atoms with E-state index < -0.39 is 0 Å². The van der Waals surface area contributed by atoms with Crippen molar-refractivity contribution in [1.29, 1.82) is 0 Å². The van der Waals surface area contributed by atoms with Crippen LogP contribution in [0.5, 0.6) is 0 Å². The second-order valence-corrected chi connectivity index (χ2v) is 8.17. The maximum Gasteiger partial charge on any atom is 0.260 e. The zero-order valence-corrected chi connectivity index (χ0v) is 17.0. The van der Waals surface area contributed by atoms with E-state index in [1.165, 1.54) is 17.4 Å². The van der Waals surface area contributed by atoms with Gasteiger partial charge in [0.1, 0.15) is 16.5 Å². The lowest BCUT2D eigenvalue weighted by atomic mass is 10.0. The Morgan fingerprint density at radius 1 is 1.21 bits per heavy atom. The summed E-state index contributed by atoms with van der Waals surface area (Å²) in [7, 11) is 0. The Morgan fingerprint density at radius 3 is 2.71 bits per heavy atom. The van der Waals surface area contributed by atoms with E-state index in [1.54, 1.807) is 18.2 Å². The van der Waals surface area contributed by atoms with E-state index in [0.717, 1.165) is 28.0 Å². The van der Waals surface area contributed by atoms with E-state index in [1.807, 2.05) is 25.1 Å². The Balaban J connectivity index is 1.87. The van der Waals surface area contributed by atoms with E-state index in [4.69, 9.17) is 11.6 Å². The standard InChI is InChI=1S/C22H18ClFN2OS/c1-3-17-19(14-8-9-15(23)12(2)10-14)20-21(27)25-18(26-22(20)28-17)11-13-6-4-5-7-16(13)24/h4-10H,3,11H2,1-2H3,(H,25,26,27). The zero-order valence-electron chi connectivity index (χ0n) is 15.5. The summed E-state index contributed by atoms with van der Waals surface area (Å²) in [5, 5.41) is 1.28. The number of fused-ring (bicyclic) bond motifs is 1. The van der Waals surface area contributed by atoms with Crippen LogP contribution in [0, 0.1) is 12.7 Å². The molecular formula is C22H18ClFN2OS.